The Morgan fingerprint density at radius 3 is 2.78 bits per heavy atom. The van der Waals surface area contributed by atoms with Crippen molar-refractivity contribution in [3.05, 3.63) is 40.7 Å². The number of para-hydroxylation sites is 1. The number of nitrogens with one attached hydrogen (secondary N) is 1. The lowest BCUT2D eigenvalue weighted by Gasteiger charge is -2.30. The molecule has 1 saturated heterocycles. The maximum Gasteiger partial charge on any atom is 0.251 e. The number of aromatic nitrogens is 1. The van der Waals surface area contributed by atoms with Crippen LogP contribution < -0.4 is 10.9 Å². The summed E-state index contributed by atoms with van der Waals surface area (Å²) in [5, 5.41) is 4.02. The van der Waals surface area contributed by atoms with Crippen LogP contribution in [0.25, 0.3) is 10.9 Å². The topological polar surface area (TPSA) is 54.3 Å². The first-order valence-corrected chi connectivity index (χ1v) is 10.7. The number of rotatable bonds is 7. The molecule has 0 spiro atoms. The molecule has 2 heterocycles. The van der Waals surface area contributed by atoms with Gasteiger partial charge in [0.05, 0.1) is 11.3 Å². The van der Waals surface area contributed by atoms with Gasteiger partial charge in [0.15, 0.2) is 0 Å². The normalized spacial score (nSPS) is 15.9. The SMILES string of the molecule is CC1CCN(CCCNC(=O)CSc2cc(=O)n(C)c3ccccc23)CC1. The number of amides is 1. The molecule has 0 radical (unpaired) electrons. The van der Waals surface area contributed by atoms with Crippen molar-refractivity contribution in [1.82, 2.24) is 14.8 Å². The van der Waals surface area contributed by atoms with Crippen molar-refractivity contribution in [3.8, 4) is 0 Å². The third kappa shape index (κ3) is 5.36. The molecule has 0 aliphatic carbocycles. The van der Waals surface area contributed by atoms with Gasteiger partial charge in [0, 0.05) is 29.9 Å². The Balaban J connectivity index is 1.45. The van der Waals surface area contributed by atoms with Crippen LogP contribution in [0.3, 0.4) is 0 Å². The number of nitrogens with zero attached hydrogens (tertiary/aromatic N) is 2. The second-order valence-corrected chi connectivity index (χ2v) is 8.46. The van der Waals surface area contributed by atoms with Crippen molar-refractivity contribution in [2.75, 3.05) is 31.9 Å². The molecule has 27 heavy (non-hydrogen) atoms. The van der Waals surface area contributed by atoms with Crippen LogP contribution in [0.15, 0.2) is 40.0 Å². The van der Waals surface area contributed by atoms with Gasteiger partial charge in [-0.15, -0.1) is 11.8 Å². The number of hydrogen-bond donors (Lipinski definition) is 1. The van der Waals surface area contributed by atoms with Crippen LogP contribution >= 0.6 is 11.8 Å². The minimum atomic E-state index is -0.0486. The van der Waals surface area contributed by atoms with Crippen molar-refractivity contribution < 1.29 is 4.79 Å². The van der Waals surface area contributed by atoms with E-state index >= 15 is 0 Å². The van der Waals surface area contributed by atoms with Crippen LogP contribution in [-0.2, 0) is 11.8 Å². The third-order valence-corrected chi connectivity index (χ3v) is 6.38. The minimum absolute atomic E-state index is 0.0250. The van der Waals surface area contributed by atoms with Gasteiger partial charge in [-0.05, 0) is 50.9 Å². The van der Waals surface area contributed by atoms with E-state index in [0.717, 1.165) is 34.7 Å². The van der Waals surface area contributed by atoms with E-state index < -0.39 is 0 Å². The summed E-state index contributed by atoms with van der Waals surface area (Å²) in [5.74, 6) is 1.21. The number of hydrogen-bond acceptors (Lipinski definition) is 4. The lowest BCUT2D eigenvalue weighted by atomic mass is 9.99. The van der Waals surface area contributed by atoms with E-state index in [9.17, 15) is 9.59 Å². The number of carbonyl (C=O) groups is 1. The van der Waals surface area contributed by atoms with Gasteiger partial charge in [0.2, 0.25) is 5.91 Å². The molecule has 0 unspecified atom stereocenters. The molecule has 3 rings (SSSR count). The molecule has 0 saturated carbocycles. The van der Waals surface area contributed by atoms with Gasteiger partial charge in [0.1, 0.15) is 0 Å². The number of piperidine rings is 1. The summed E-state index contributed by atoms with van der Waals surface area (Å²) in [7, 11) is 1.77. The molecular formula is C21H29N3O2S. The number of benzene rings is 1. The van der Waals surface area contributed by atoms with Crippen LogP contribution in [0.5, 0.6) is 0 Å². The lowest BCUT2D eigenvalue weighted by molar-refractivity contribution is -0.118. The van der Waals surface area contributed by atoms with E-state index in [0.29, 0.717) is 12.3 Å². The Morgan fingerprint density at radius 2 is 2.00 bits per heavy atom. The van der Waals surface area contributed by atoms with Crippen molar-refractivity contribution in [2.45, 2.75) is 31.1 Å². The lowest BCUT2D eigenvalue weighted by Crippen LogP contribution is -2.35. The summed E-state index contributed by atoms with van der Waals surface area (Å²) in [6.45, 7) is 6.45. The molecule has 146 valence electrons. The Labute approximate surface area is 165 Å². The fraction of sp³-hybridized carbons (Fsp3) is 0.524. The predicted molar refractivity (Wildman–Crippen MR) is 112 cm³/mol. The van der Waals surface area contributed by atoms with Gasteiger partial charge in [0.25, 0.3) is 5.56 Å². The monoisotopic (exact) mass is 387 g/mol. The predicted octanol–water partition coefficient (Wildman–Crippen LogP) is 2.87. The first-order chi connectivity index (χ1) is 13.0. The Kier molecular flexibility index (Phi) is 6.96. The highest BCUT2D eigenvalue weighted by molar-refractivity contribution is 8.00. The van der Waals surface area contributed by atoms with Crippen molar-refractivity contribution in [3.63, 3.8) is 0 Å². The van der Waals surface area contributed by atoms with E-state index in [4.69, 9.17) is 0 Å². The van der Waals surface area contributed by atoms with Crippen molar-refractivity contribution in [1.29, 1.82) is 0 Å². The van der Waals surface area contributed by atoms with Gasteiger partial charge in [-0.1, -0.05) is 25.1 Å². The highest BCUT2D eigenvalue weighted by atomic mass is 32.2. The number of pyridine rings is 1. The molecule has 6 heteroatoms. The maximum absolute atomic E-state index is 12.2. The second-order valence-electron chi connectivity index (χ2n) is 7.44. The summed E-state index contributed by atoms with van der Waals surface area (Å²) >= 11 is 1.43. The summed E-state index contributed by atoms with van der Waals surface area (Å²) in [6.07, 6.45) is 3.56. The van der Waals surface area contributed by atoms with Gasteiger partial charge < -0.3 is 14.8 Å². The highest BCUT2D eigenvalue weighted by Crippen LogP contribution is 2.25. The number of likely N-dealkylation sites (tertiary alicyclic amines) is 1. The first kappa shape index (κ1) is 20.0. The average Bonchev–Trinajstić information content (AvgIpc) is 2.68. The quantitative estimate of drug-likeness (QED) is 0.586. The summed E-state index contributed by atoms with van der Waals surface area (Å²) < 4.78 is 1.64. The molecule has 0 bridgehead atoms. The third-order valence-electron chi connectivity index (χ3n) is 5.32. The van der Waals surface area contributed by atoms with Crippen LogP contribution in [0.1, 0.15) is 26.2 Å². The second kappa shape index (κ2) is 9.42. The fourth-order valence-corrected chi connectivity index (χ4v) is 4.41. The molecule has 1 fully saturated rings. The standard InChI is InChI=1S/C21H29N3O2S/c1-16-8-12-24(13-9-16)11-5-10-22-20(25)15-27-19-14-21(26)23(2)18-7-4-3-6-17(18)19/h3-4,6-7,14,16H,5,8-13,15H2,1-2H3,(H,22,25). The number of aryl methyl sites for hydroxylation is 1. The summed E-state index contributed by atoms with van der Waals surface area (Å²) in [4.78, 5) is 27.7. The van der Waals surface area contributed by atoms with E-state index in [1.165, 1.54) is 37.7 Å². The van der Waals surface area contributed by atoms with Gasteiger partial charge >= 0.3 is 0 Å². The molecule has 1 N–H and O–H groups in total. The van der Waals surface area contributed by atoms with E-state index in [1.807, 2.05) is 24.3 Å². The number of carbonyl (C=O) groups excluding carboxylic acids is 1. The molecule has 5 nitrogen and oxygen atoms in total. The molecule has 2 aromatic rings. The Bertz CT molecular complexity index is 841. The van der Waals surface area contributed by atoms with Gasteiger partial charge in [-0.3, -0.25) is 9.59 Å². The molecule has 1 amide bonds. The zero-order valence-corrected chi connectivity index (χ0v) is 17.1. The molecular weight excluding hydrogens is 358 g/mol. The smallest absolute Gasteiger partial charge is 0.251 e. The maximum atomic E-state index is 12.2. The molecule has 1 aromatic carbocycles. The van der Waals surface area contributed by atoms with Crippen LogP contribution in [0.2, 0.25) is 0 Å². The van der Waals surface area contributed by atoms with E-state index in [2.05, 4.69) is 17.1 Å². The first-order valence-electron chi connectivity index (χ1n) is 9.75. The zero-order chi connectivity index (χ0) is 19.2. The van der Waals surface area contributed by atoms with E-state index in [-0.39, 0.29) is 11.5 Å². The Hall–Kier alpha value is -1.79. The van der Waals surface area contributed by atoms with Crippen LogP contribution in [0.4, 0.5) is 0 Å². The largest absolute Gasteiger partial charge is 0.355 e. The average molecular weight is 388 g/mol. The molecule has 1 aliphatic heterocycles. The minimum Gasteiger partial charge on any atom is -0.355 e. The highest BCUT2D eigenvalue weighted by Gasteiger charge is 2.15. The van der Waals surface area contributed by atoms with Gasteiger partial charge in [-0.25, -0.2) is 0 Å². The van der Waals surface area contributed by atoms with E-state index in [1.54, 1.807) is 17.7 Å². The summed E-state index contributed by atoms with van der Waals surface area (Å²) in [6, 6.07) is 9.43. The van der Waals surface area contributed by atoms with Crippen molar-refractivity contribution in [2.24, 2.45) is 13.0 Å². The molecule has 1 aliphatic rings. The Morgan fingerprint density at radius 1 is 1.26 bits per heavy atom. The van der Waals surface area contributed by atoms with Crippen LogP contribution in [-0.4, -0.2) is 47.3 Å². The number of thioether (sulfide) groups is 1. The fourth-order valence-electron chi connectivity index (χ4n) is 3.51. The molecule has 0 atom stereocenters. The van der Waals surface area contributed by atoms with Gasteiger partial charge in [-0.2, -0.15) is 0 Å². The zero-order valence-electron chi connectivity index (χ0n) is 16.2. The van der Waals surface area contributed by atoms with Crippen LogP contribution in [0, 0.1) is 5.92 Å². The number of fused-ring (bicyclic) bond motifs is 1. The summed E-state index contributed by atoms with van der Waals surface area (Å²) in [5.41, 5.74) is 0.844. The van der Waals surface area contributed by atoms with Crippen molar-refractivity contribution >= 4 is 28.6 Å². The molecule has 1 aromatic heterocycles.